The minimum Gasteiger partial charge on any atom is -0.497 e. The summed E-state index contributed by atoms with van der Waals surface area (Å²) in [6.45, 7) is 2.30. The Kier molecular flexibility index (Phi) is 4.77. The Balaban J connectivity index is 2.38. The Labute approximate surface area is 124 Å². The number of hydrogen-bond donors (Lipinski definition) is 0. The highest BCUT2D eigenvalue weighted by Crippen LogP contribution is 2.55. The number of alkyl halides is 1. The largest absolute Gasteiger partial charge is 0.497 e. The maximum absolute atomic E-state index is 5.53. The zero-order valence-corrected chi connectivity index (χ0v) is 13.6. The molecule has 1 aromatic carbocycles. The van der Waals surface area contributed by atoms with Crippen molar-refractivity contribution >= 4 is 15.9 Å². The van der Waals surface area contributed by atoms with Crippen molar-refractivity contribution in [1.82, 2.24) is 0 Å². The van der Waals surface area contributed by atoms with Gasteiger partial charge in [0.05, 0.1) is 14.2 Å². The van der Waals surface area contributed by atoms with Crippen LogP contribution >= 0.6 is 15.9 Å². The first-order valence-corrected chi connectivity index (χ1v) is 7.94. The third-order valence-corrected chi connectivity index (χ3v) is 6.02. The van der Waals surface area contributed by atoms with Gasteiger partial charge in [-0.1, -0.05) is 35.7 Å². The molecule has 0 aromatic heterocycles. The number of ether oxygens (including phenoxy) is 2. The molecule has 1 aliphatic rings. The van der Waals surface area contributed by atoms with Crippen molar-refractivity contribution in [2.24, 2.45) is 5.41 Å². The topological polar surface area (TPSA) is 18.5 Å². The average Bonchev–Trinajstić information content (AvgIpc) is 2.95. The first-order valence-electron chi connectivity index (χ1n) is 7.03. The zero-order chi connectivity index (χ0) is 13.9. The van der Waals surface area contributed by atoms with E-state index in [0.29, 0.717) is 10.2 Å². The summed E-state index contributed by atoms with van der Waals surface area (Å²) in [4.78, 5) is 0.331. The lowest BCUT2D eigenvalue weighted by molar-refractivity contribution is 0.274. The van der Waals surface area contributed by atoms with Crippen LogP contribution < -0.4 is 9.47 Å². The third kappa shape index (κ3) is 2.76. The van der Waals surface area contributed by atoms with E-state index in [1.807, 2.05) is 12.1 Å². The van der Waals surface area contributed by atoms with Gasteiger partial charge in [0.25, 0.3) is 0 Å². The lowest BCUT2D eigenvalue weighted by Crippen LogP contribution is -2.21. The predicted molar refractivity (Wildman–Crippen MR) is 82.4 cm³/mol. The van der Waals surface area contributed by atoms with Crippen molar-refractivity contribution in [3.05, 3.63) is 23.8 Å². The third-order valence-electron chi connectivity index (χ3n) is 4.55. The highest BCUT2D eigenvalue weighted by atomic mass is 79.9. The van der Waals surface area contributed by atoms with E-state index in [2.05, 4.69) is 28.9 Å². The lowest BCUT2D eigenvalue weighted by atomic mass is 9.77. The first kappa shape index (κ1) is 14.7. The van der Waals surface area contributed by atoms with Crippen molar-refractivity contribution in [1.29, 1.82) is 0 Å². The molecule has 1 fully saturated rings. The van der Waals surface area contributed by atoms with E-state index in [1.54, 1.807) is 14.2 Å². The molecule has 1 saturated carbocycles. The molecule has 0 aliphatic heterocycles. The van der Waals surface area contributed by atoms with Crippen LogP contribution in [-0.4, -0.2) is 14.2 Å². The van der Waals surface area contributed by atoms with E-state index in [-0.39, 0.29) is 0 Å². The van der Waals surface area contributed by atoms with Crippen molar-refractivity contribution < 1.29 is 9.47 Å². The molecule has 19 heavy (non-hydrogen) atoms. The molecule has 1 aliphatic carbocycles. The second-order valence-electron chi connectivity index (χ2n) is 5.39. The molecule has 0 radical (unpaired) electrons. The quantitative estimate of drug-likeness (QED) is 0.700. The van der Waals surface area contributed by atoms with Gasteiger partial charge in [-0.05, 0) is 42.9 Å². The Hall–Kier alpha value is -0.700. The molecule has 1 atom stereocenters. The smallest absolute Gasteiger partial charge is 0.123 e. The minimum atomic E-state index is 0.331. The van der Waals surface area contributed by atoms with Crippen LogP contribution in [0.5, 0.6) is 11.5 Å². The van der Waals surface area contributed by atoms with Crippen LogP contribution in [0.4, 0.5) is 0 Å². The van der Waals surface area contributed by atoms with Crippen LogP contribution in [0.3, 0.4) is 0 Å². The van der Waals surface area contributed by atoms with Gasteiger partial charge in [-0.3, -0.25) is 0 Å². The van der Waals surface area contributed by atoms with Gasteiger partial charge in [0.1, 0.15) is 11.5 Å². The molecule has 0 heterocycles. The van der Waals surface area contributed by atoms with Gasteiger partial charge >= 0.3 is 0 Å². The predicted octanol–water partition coefficient (Wildman–Crippen LogP) is 5.11. The first-order chi connectivity index (χ1) is 9.16. The van der Waals surface area contributed by atoms with Gasteiger partial charge < -0.3 is 9.47 Å². The Morgan fingerprint density at radius 1 is 1.21 bits per heavy atom. The van der Waals surface area contributed by atoms with Gasteiger partial charge in [-0.15, -0.1) is 0 Å². The Morgan fingerprint density at radius 3 is 2.42 bits per heavy atom. The summed E-state index contributed by atoms with van der Waals surface area (Å²) in [7, 11) is 3.44. The van der Waals surface area contributed by atoms with E-state index in [9.17, 15) is 0 Å². The van der Waals surface area contributed by atoms with Crippen LogP contribution in [0.15, 0.2) is 18.2 Å². The highest BCUT2D eigenvalue weighted by Gasteiger charge is 2.40. The molecule has 1 unspecified atom stereocenters. The molecule has 1 aromatic rings. The summed E-state index contributed by atoms with van der Waals surface area (Å²) < 4.78 is 10.9. The van der Waals surface area contributed by atoms with Crippen LogP contribution in [0.1, 0.15) is 49.4 Å². The molecule has 2 rings (SSSR count). The summed E-state index contributed by atoms with van der Waals surface area (Å²) in [5.41, 5.74) is 1.57. The molecular weight excluding hydrogens is 304 g/mol. The zero-order valence-electron chi connectivity index (χ0n) is 12.0. The molecule has 106 valence electrons. The normalized spacial score (nSPS) is 19.2. The van der Waals surface area contributed by atoms with Crippen LogP contribution in [0.2, 0.25) is 0 Å². The van der Waals surface area contributed by atoms with Gasteiger partial charge in [-0.25, -0.2) is 0 Å². The molecule has 0 amide bonds. The van der Waals surface area contributed by atoms with Crippen molar-refractivity contribution in [3.63, 3.8) is 0 Å². The summed E-state index contributed by atoms with van der Waals surface area (Å²) in [5, 5.41) is 0. The molecular formula is C16H23BrO2. The fourth-order valence-corrected chi connectivity index (χ4v) is 4.37. The number of halogens is 1. The number of methoxy groups -OCH3 is 2. The fraction of sp³-hybridized carbons (Fsp3) is 0.625. The number of rotatable bonds is 5. The van der Waals surface area contributed by atoms with E-state index >= 15 is 0 Å². The molecule has 3 heteroatoms. The maximum atomic E-state index is 5.53. The molecule has 0 bridgehead atoms. The summed E-state index contributed by atoms with van der Waals surface area (Å²) in [5.74, 6) is 1.84. The standard InChI is InChI=1S/C16H23BrO2/c1-4-16(9-5-6-10-16)15(17)13-11-12(18-2)7-8-14(13)19-3/h7-8,11,15H,4-6,9-10H2,1-3H3. The summed E-state index contributed by atoms with van der Waals surface area (Å²) in [6, 6.07) is 6.06. The van der Waals surface area contributed by atoms with Gasteiger partial charge in [0.2, 0.25) is 0 Å². The van der Waals surface area contributed by atoms with E-state index < -0.39 is 0 Å². The lowest BCUT2D eigenvalue weighted by Gasteiger charge is -2.34. The van der Waals surface area contributed by atoms with Crippen LogP contribution in [-0.2, 0) is 0 Å². The van der Waals surface area contributed by atoms with Crippen molar-refractivity contribution in [2.75, 3.05) is 14.2 Å². The summed E-state index contributed by atoms with van der Waals surface area (Å²) >= 11 is 3.95. The fourth-order valence-electron chi connectivity index (χ4n) is 3.23. The Morgan fingerprint density at radius 2 is 1.89 bits per heavy atom. The van der Waals surface area contributed by atoms with Crippen molar-refractivity contribution in [2.45, 2.75) is 43.9 Å². The van der Waals surface area contributed by atoms with E-state index in [1.165, 1.54) is 37.7 Å². The summed E-state index contributed by atoms with van der Waals surface area (Å²) in [6.07, 6.45) is 6.45. The Bertz CT molecular complexity index is 425. The molecule has 0 spiro atoms. The maximum Gasteiger partial charge on any atom is 0.123 e. The van der Waals surface area contributed by atoms with Gasteiger partial charge in [-0.2, -0.15) is 0 Å². The number of benzene rings is 1. The van der Waals surface area contributed by atoms with Gasteiger partial charge in [0.15, 0.2) is 0 Å². The molecule has 0 N–H and O–H groups in total. The molecule has 0 saturated heterocycles. The van der Waals surface area contributed by atoms with E-state index in [0.717, 1.165) is 11.5 Å². The average molecular weight is 327 g/mol. The highest BCUT2D eigenvalue weighted by molar-refractivity contribution is 9.09. The molecule has 2 nitrogen and oxygen atoms in total. The SMILES string of the molecule is CCC1(C(Br)c2cc(OC)ccc2OC)CCCC1. The number of hydrogen-bond acceptors (Lipinski definition) is 2. The van der Waals surface area contributed by atoms with E-state index in [4.69, 9.17) is 9.47 Å². The monoisotopic (exact) mass is 326 g/mol. The second kappa shape index (κ2) is 6.17. The minimum absolute atomic E-state index is 0.331. The van der Waals surface area contributed by atoms with Crippen LogP contribution in [0.25, 0.3) is 0 Å². The van der Waals surface area contributed by atoms with Crippen molar-refractivity contribution in [3.8, 4) is 11.5 Å². The van der Waals surface area contributed by atoms with Gasteiger partial charge in [0, 0.05) is 10.4 Å². The second-order valence-corrected chi connectivity index (χ2v) is 6.31. The van der Waals surface area contributed by atoms with Crippen LogP contribution in [0, 0.1) is 5.41 Å².